The van der Waals surface area contributed by atoms with Crippen LogP contribution in [-0.2, 0) is 26.9 Å². The molecule has 0 spiro atoms. The molecule has 0 N–H and O–H groups in total. The Hall–Kier alpha value is -1.00. The average Bonchev–Trinajstić information content (AvgIpc) is 2.77. The molecule has 2 saturated heterocycles. The van der Waals surface area contributed by atoms with Crippen LogP contribution >= 0.6 is 0 Å². The van der Waals surface area contributed by atoms with Crippen molar-refractivity contribution >= 4 is 16.6 Å². The van der Waals surface area contributed by atoms with Crippen LogP contribution in [-0.4, -0.2) is 27.1 Å². The van der Waals surface area contributed by atoms with Gasteiger partial charge in [0.15, 0.2) is 0 Å². The van der Waals surface area contributed by atoms with Crippen LogP contribution in [0.4, 0.5) is 0 Å². The van der Waals surface area contributed by atoms with Crippen molar-refractivity contribution in [3.05, 3.63) is 35.9 Å². The van der Waals surface area contributed by atoms with E-state index >= 15 is 0 Å². The Morgan fingerprint density at radius 2 is 1.82 bits per heavy atom. The van der Waals surface area contributed by atoms with Crippen molar-refractivity contribution in [1.82, 2.24) is 0 Å². The van der Waals surface area contributed by atoms with Gasteiger partial charge in [0.2, 0.25) is 0 Å². The molecule has 0 saturated carbocycles. The average molecular weight is 320 g/mol. The first-order valence-electron chi connectivity index (χ1n) is 8.28. The molecule has 0 radical (unpaired) electrons. The second-order valence-electron chi connectivity index (χ2n) is 6.43. The smallest absolute Gasteiger partial charge is 0.136 e. The van der Waals surface area contributed by atoms with Crippen molar-refractivity contribution in [1.29, 1.82) is 0 Å². The molecule has 1 aromatic carbocycles. The Labute approximate surface area is 134 Å². The van der Waals surface area contributed by atoms with Gasteiger partial charge in [-0.1, -0.05) is 30.3 Å². The lowest BCUT2D eigenvalue weighted by Crippen LogP contribution is -2.32. The lowest BCUT2D eigenvalue weighted by molar-refractivity contribution is -0.123. The minimum atomic E-state index is -0.663. The number of fused-ring (bicyclic) bond motifs is 2. The molecule has 2 heterocycles. The molecule has 2 atom stereocenters. The van der Waals surface area contributed by atoms with E-state index in [-0.39, 0.29) is 5.92 Å². The molecule has 2 bridgehead atoms. The van der Waals surface area contributed by atoms with Crippen molar-refractivity contribution < 1.29 is 13.7 Å². The van der Waals surface area contributed by atoms with Crippen LogP contribution in [0.15, 0.2) is 30.3 Å². The Morgan fingerprint density at radius 1 is 1.14 bits per heavy atom. The molecular weight excluding hydrogens is 296 g/mol. The largest absolute Gasteiger partial charge is 0.377 e. The predicted molar refractivity (Wildman–Crippen MR) is 88.0 cm³/mol. The Bertz CT molecular complexity index is 512. The summed E-state index contributed by atoms with van der Waals surface area (Å²) in [5, 5.41) is 0.587. The summed E-state index contributed by atoms with van der Waals surface area (Å²) in [4.78, 5) is 12.3. The highest BCUT2D eigenvalue weighted by atomic mass is 32.2. The van der Waals surface area contributed by atoms with Crippen molar-refractivity contribution in [3.8, 4) is 0 Å². The van der Waals surface area contributed by atoms with E-state index in [0.29, 0.717) is 35.9 Å². The Morgan fingerprint density at radius 3 is 2.50 bits per heavy atom. The summed E-state index contributed by atoms with van der Waals surface area (Å²) in [6.07, 6.45) is 5.22. The van der Waals surface area contributed by atoms with E-state index in [0.717, 1.165) is 32.1 Å². The van der Waals surface area contributed by atoms with Gasteiger partial charge in [-0.2, -0.15) is 0 Å². The summed E-state index contributed by atoms with van der Waals surface area (Å²) in [5.74, 6) is 0.515. The van der Waals surface area contributed by atoms with Crippen LogP contribution in [0.2, 0.25) is 0 Å². The fourth-order valence-electron chi connectivity index (χ4n) is 3.61. The summed E-state index contributed by atoms with van der Waals surface area (Å²) in [7, 11) is -0.663. The number of Topliss-reactive ketones (excluding diaryl/α,β-unsaturated/α-hetero) is 1. The van der Waals surface area contributed by atoms with Gasteiger partial charge in [-0.15, -0.1) is 0 Å². The van der Waals surface area contributed by atoms with E-state index in [1.54, 1.807) is 0 Å². The van der Waals surface area contributed by atoms with E-state index in [1.165, 1.54) is 5.56 Å². The fraction of sp³-hybridized carbons (Fsp3) is 0.611. The van der Waals surface area contributed by atoms with E-state index in [1.807, 2.05) is 30.3 Å². The van der Waals surface area contributed by atoms with Crippen LogP contribution in [0.25, 0.3) is 0 Å². The minimum Gasteiger partial charge on any atom is -0.377 e. The maximum absolute atomic E-state index is 12.3. The van der Waals surface area contributed by atoms with E-state index < -0.39 is 10.8 Å². The van der Waals surface area contributed by atoms with Crippen molar-refractivity contribution in [2.75, 3.05) is 6.61 Å². The number of benzene rings is 1. The molecule has 0 amide bonds. The molecule has 0 aliphatic carbocycles. The molecule has 2 aliphatic rings. The third-order valence-electron chi connectivity index (χ3n) is 4.84. The highest BCUT2D eigenvalue weighted by Gasteiger charge is 2.42. The van der Waals surface area contributed by atoms with Gasteiger partial charge in [-0.25, -0.2) is 0 Å². The normalized spacial score (nSPS) is 30.4. The molecular formula is C18H24O3S. The van der Waals surface area contributed by atoms with Gasteiger partial charge in [0.25, 0.3) is 0 Å². The minimum absolute atomic E-state index is 0.157. The number of hydrogen-bond acceptors (Lipinski definition) is 3. The lowest BCUT2D eigenvalue weighted by atomic mass is 9.92. The zero-order valence-corrected chi connectivity index (χ0v) is 13.7. The maximum Gasteiger partial charge on any atom is 0.136 e. The van der Waals surface area contributed by atoms with Crippen molar-refractivity contribution in [3.63, 3.8) is 0 Å². The van der Waals surface area contributed by atoms with Gasteiger partial charge in [0, 0.05) is 40.2 Å². The molecule has 2 unspecified atom stereocenters. The first-order chi connectivity index (χ1) is 10.7. The van der Waals surface area contributed by atoms with Crippen molar-refractivity contribution in [2.45, 2.75) is 55.6 Å². The van der Waals surface area contributed by atoms with Gasteiger partial charge < -0.3 is 4.74 Å². The summed E-state index contributed by atoms with van der Waals surface area (Å²) >= 11 is 0. The Kier molecular flexibility index (Phi) is 5.42. The third-order valence-corrected chi connectivity index (χ3v) is 7.01. The highest BCUT2D eigenvalue weighted by molar-refractivity contribution is 7.86. The molecule has 3 rings (SSSR count). The maximum atomic E-state index is 12.3. The topological polar surface area (TPSA) is 43.4 Å². The number of ketones is 1. The number of carbonyl (C=O) groups excluding carboxylic acids is 1. The van der Waals surface area contributed by atoms with E-state index in [2.05, 4.69) is 0 Å². The Balaban J connectivity index is 1.34. The van der Waals surface area contributed by atoms with Gasteiger partial charge in [0.05, 0.1) is 6.61 Å². The van der Waals surface area contributed by atoms with Crippen LogP contribution in [0, 0.1) is 5.92 Å². The quantitative estimate of drug-likeness (QED) is 0.724. The fourth-order valence-corrected chi connectivity index (χ4v) is 5.74. The SMILES string of the molecule is O=C(CCCOCc1ccccc1)C1CC2CCC(C1)S2=O. The second kappa shape index (κ2) is 7.51. The molecule has 3 nitrogen and oxygen atoms in total. The van der Waals surface area contributed by atoms with Gasteiger partial charge >= 0.3 is 0 Å². The standard InChI is InChI=1S/C18H24O3S/c19-18(15-11-16-8-9-17(12-15)22(16)20)7-4-10-21-13-14-5-2-1-3-6-14/h1-3,5-6,15-17H,4,7-13H2. The number of carbonyl (C=O) groups is 1. The van der Waals surface area contributed by atoms with Gasteiger partial charge in [-0.05, 0) is 37.7 Å². The number of rotatable bonds is 7. The molecule has 2 aliphatic heterocycles. The molecule has 4 heteroatoms. The van der Waals surface area contributed by atoms with E-state index in [4.69, 9.17) is 4.74 Å². The predicted octanol–water partition coefficient (Wildman–Crippen LogP) is 3.24. The van der Waals surface area contributed by atoms with Crippen LogP contribution < -0.4 is 0 Å². The van der Waals surface area contributed by atoms with Crippen molar-refractivity contribution in [2.24, 2.45) is 5.92 Å². The van der Waals surface area contributed by atoms with Gasteiger partial charge in [-0.3, -0.25) is 9.00 Å². The van der Waals surface area contributed by atoms with Crippen LogP contribution in [0.3, 0.4) is 0 Å². The molecule has 1 aromatic rings. The second-order valence-corrected chi connectivity index (χ2v) is 8.42. The molecule has 120 valence electrons. The zero-order chi connectivity index (χ0) is 15.4. The lowest BCUT2D eigenvalue weighted by Gasteiger charge is -2.26. The molecule has 2 fully saturated rings. The zero-order valence-electron chi connectivity index (χ0n) is 12.9. The first kappa shape index (κ1) is 15.9. The summed E-state index contributed by atoms with van der Waals surface area (Å²) in [6.45, 7) is 1.24. The summed E-state index contributed by atoms with van der Waals surface area (Å²) in [5.41, 5.74) is 1.17. The molecule has 0 aromatic heterocycles. The van der Waals surface area contributed by atoms with E-state index in [9.17, 15) is 9.00 Å². The monoisotopic (exact) mass is 320 g/mol. The highest BCUT2D eigenvalue weighted by Crippen LogP contribution is 2.39. The number of hydrogen-bond donors (Lipinski definition) is 0. The summed E-state index contributed by atoms with van der Waals surface area (Å²) < 4.78 is 17.6. The van der Waals surface area contributed by atoms with Crippen LogP contribution in [0.1, 0.15) is 44.1 Å². The number of ether oxygens (including phenoxy) is 1. The first-order valence-corrected chi connectivity index (χ1v) is 9.55. The van der Waals surface area contributed by atoms with Crippen LogP contribution in [0.5, 0.6) is 0 Å². The third kappa shape index (κ3) is 3.85. The summed E-state index contributed by atoms with van der Waals surface area (Å²) in [6, 6.07) is 10.1. The van der Waals surface area contributed by atoms with Gasteiger partial charge in [0.1, 0.15) is 5.78 Å². The molecule has 22 heavy (non-hydrogen) atoms.